The van der Waals surface area contributed by atoms with Crippen LogP contribution >= 0.6 is 9.24 Å². The van der Waals surface area contributed by atoms with Crippen LogP contribution in [0.15, 0.2) is 0 Å². The smallest absolute Gasteiger partial charge is 0.151 e. The number of hydrogen-bond donors (Lipinski definition) is 0. The van der Waals surface area contributed by atoms with Crippen LogP contribution in [-0.4, -0.2) is 5.52 Å². The highest BCUT2D eigenvalue weighted by atomic mass is 31.0. The van der Waals surface area contributed by atoms with Gasteiger partial charge in [-0.15, -0.1) is 0 Å². The van der Waals surface area contributed by atoms with E-state index in [-0.39, 0.29) is 11.4 Å². The van der Waals surface area contributed by atoms with Crippen molar-refractivity contribution in [2.75, 3.05) is 0 Å². The number of rotatable bonds is 3. The number of carbonyl (C=O) groups is 1. The van der Waals surface area contributed by atoms with Gasteiger partial charge in [0.25, 0.3) is 0 Å². The highest BCUT2D eigenvalue weighted by Crippen LogP contribution is 2.13. The van der Waals surface area contributed by atoms with E-state index in [1.807, 2.05) is 6.92 Å². The molecule has 0 spiro atoms. The topological polar surface area (TPSA) is 17.1 Å². The van der Waals surface area contributed by atoms with E-state index in [2.05, 4.69) is 23.1 Å². The Balaban J connectivity index is 3.50. The largest absolute Gasteiger partial charge is 0.295 e. The molecule has 2 atom stereocenters. The molecule has 0 bridgehead atoms. The van der Waals surface area contributed by atoms with E-state index in [9.17, 15) is 4.79 Å². The second-order valence-corrected chi connectivity index (χ2v) is 3.50. The normalized spacial score (nSPS) is 13.9. The fraction of sp³-hybridized carbons (Fsp3) is 0.857. The van der Waals surface area contributed by atoms with Crippen molar-refractivity contribution in [1.29, 1.82) is 0 Å². The zero-order valence-electron chi connectivity index (χ0n) is 6.35. The maximum Gasteiger partial charge on any atom is 0.151 e. The molecule has 0 saturated carbocycles. The molecule has 0 N–H and O–H groups in total. The van der Waals surface area contributed by atoms with Crippen LogP contribution in [0.3, 0.4) is 0 Å². The Kier molecular flexibility index (Phi) is 4.05. The summed E-state index contributed by atoms with van der Waals surface area (Å²) in [4.78, 5) is 10.6. The van der Waals surface area contributed by atoms with E-state index < -0.39 is 0 Å². The van der Waals surface area contributed by atoms with E-state index in [0.717, 1.165) is 6.42 Å². The fourth-order valence-corrected chi connectivity index (χ4v) is 0.959. The first-order chi connectivity index (χ1) is 4.04. The summed E-state index contributed by atoms with van der Waals surface area (Å²) in [6.07, 6.45) is 1.00. The highest BCUT2D eigenvalue weighted by molar-refractivity contribution is 7.40. The molecular weight excluding hydrogens is 131 g/mol. The lowest BCUT2D eigenvalue weighted by Gasteiger charge is -2.08. The molecule has 2 unspecified atom stereocenters. The molecule has 0 rings (SSSR count). The Morgan fingerprint density at radius 3 is 2.00 bits per heavy atom. The van der Waals surface area contributed by atoms with Gasteiger partial charge in [0.2, 0.25) is 0 Å². The van der Waals surface area contributed by atoms with Gasteiger partial charge in [0.15, 0.2) is 5.52 Å². The van der Waals surface area contributed by atoms with Crippen LogP contribution in [-0.2, 0) is 4.79 Å². The molecule has 0 aliphatic carbocycles. The average molecular weight is 146 g/mol. The van der Waals surface area contributed by atoms with Crippen molar-refractivity contribution in [2.45, 2.75) is 27.2 Å². The summed E-state index contributed by atoms with van der Waals surface area (Å²) in [7, 11) is 2.22. The van der Waals surface area contributed by atoms with Crippen LogP contribution in [0.4, 0.5) is 0 Å². The van der Waals surface area contributed by atoms with Crippen LogP contribution in [0, 0.1) is 11.8 Å². The van der Waals surface area contributed by atoms with E-state index in [4.69, 9.17) is 0 Å². The van der Waals surface area contributed by atoms with Crippen LogP contribution in [0.5, 0.6) is 0 Å². The molecule has 0 aromatic rings. The van der Waals surface area contributed by atoms with Gasteiger partial charge in [-0.1, -0.05) is 30.0 Å². The molecule has 0 fully saturated rings. The fourth-order valence-electron chi connectivity index (χ4n) is 0.823. The summed E-state index contributed by atoms with van der Waals surface area (Å²) >= 11 is 0. The lowest BCUT2D eigenvalue weighted by Crippen LogP contribution is -2.06. The minimum Gasteiger partial charge on any atom is -0.295 e. The van der Waals surface area contributed by atoms with Crippen LogP contribution in [0.1, 0.15) is 27.2 Å². The Morgan fingerprint density at radius 1 is 1.44 bits per heavy atom. The van der Waals surface area contributed by atoms with E-state index in [1.54, 1.807) is 0 Å². The van der Waals surface area contributed by atoms with Gasteiger partial charge in [-0.3, -0.25) is 4.79 Å². The van der Waals surface area contributed by atoms with E-state index in [1.165, 1.54) is 0 Å². The molecule has 9 heavy (non-hydrogen) atoms. The van der Waals surface area contributed by atoms with Crippen molar-refractivity contribution in [1.82, 2.24) is 0 Å². The SMILES string of the molecule is CC(C)CC(C)C(=O)P. The van der Waals surface area contributed by atoms with E-state index >= 15 is 0 Å². The molecule has 1 nitrogen and oxygen atoms in total. The lowest BCUT2D eigenvalue weighted by atomic mass is 10.0. The van der Waals surface area contributed by atoms with E-state index in [0.29, 0.717) is 5.92 Å². The monoisotopic (exact) mass is 146 g/mol. The molecule has 0 amide bonds. The maximum atomic E-state index is 10.6. The van der Waals surface area contributed by atoms with Gasteiger partial charge in [-0.25, -0.2) is 0 Å². The standard InChI is InChI=1S/C7H15OP/c1-5(2)4-6(3)7(8)9/h5-6H,4,9H2,1-3H3. The van der Waals surface area contributed by atoms with Crippen molar-refractivity contribution in [2.24, 2.45) is 11.8 Å². The predicted octanol–water partition coefficient (Wildman–Crippen LogP) is 2.07. The maximum absolute atomic E-state index is 10.6. The third-order valence-corrected chi connectivity index (χ3v) is 1.88. The van der Waals surface area contributed by atoms with Gasteiger partial charge in [0.05, 0.1) is 0 Å². The van der Waals surface area contributed by atoms with Gasteiger partial charge < -0.3 is 0 Å². The summed E-state index contributed by atoms with van der Waals surface area (Å²) in [5, 5.41) is 0. The first kappa shape index (κ1) is 9.10. The second-order valence-electron chi connectivity index (χ2n) is 2.93. The molecular formula is C7H15OP. The molecule has 0 radical (unpaired) electrons. The minimum atomic E-state index is 0.218. The zero-order valence-corrected chi connectivity index (χ0v) is 7.50. The third-order valence-electron chi connectivity index (χ3n) is 1.31. The minimum absolute atomic E-state index is 0.218. The summed E-state index contributed by atoms with van der Waals surface area (Å²) in [6.45, 7) is 6.23. The summed E-state index contributed by atoms with van der Waals surface area (Å²) < 4.78 is 0. The first-order valence-electron chi connectivity index (χ1n) is 3.33. The first-order valence-corrected chi connectivity index (χ1v) is 3.91. The average Bonchev–Trinajstić information content (AvgIpc) is 1.63. The van der Waals surface area contributed by atoms with Gasteiger partial charge in [-0.05, 0) is 12.3 Å². The molecule has 54 valence electrons. The molecule has 0 aromatic carbocycles. The van der Waals surface area contributed by atoms with Crippen molar-refractivity contribution in [3.05, 3.63) is 0 Å². The number of hydrogen-bond acceptors (Lipinski definition) is 1. The van der Waals surface area contributed by atoms with Crippen molar-refractivity contribution >= 4 is 14.8 Å². The molecule has 0 aromatic heterocycles. The third kappa shape index (κ3) is 4.59. The molecule has 0 aliphatic rings. The van der Waals surface area contributed by atoms with Gasteiger partial charge in [0, 0.05) is 5.92 Å². The van der Waals surface area contributed by atoms with Crippen LogP contribution in [0.25, 0.3) is 0 Å². The molecule has 0 saturated heterocycles. The number of carbonyl (C=O) groups excluding carboxylic acids is 1. The molecule has 0 aliphatic heterocycles. The van der Waals surface area contributed by atoms with Crippen molar-refractivity contribution in [3.8, 4) is 0 Å². The van der Waals surface area contributed by atoms with Crippen LogP contribution < -0.4 is 0 Å². The van der Waals surface area contributed by atoms with Gasteiger partial charge in [0.1, 0.15) is 0 Å². The quantitative estimate of drug-likeness (QED) is 0.557. The van der Waals surface area contributed by atoms with Crippen LogP contribution in [0.2, 0.25) is 0 Å². The summed E-state index contributed by atoms with van der Waals surface area (Å²) in [5.41, 5.74) is 0.226. The Hall–Kier alpha value is 0.100. The van der Waals surface area contributed by atoms with Crippen molar-refractivity contribution in [3.63, 3.8) is 0 Å². The molecule has 0 heterocycles. The Morgan fingerprint density at radius 2 is 1.89 bits per heavy atom. The van der Waals surface area contributed by atoms with Gasteiger partial charge >= 0.3 is 0 Å². The highest BCUT2D eigenvalue weighted by Gasteiger charge is 2.08. The van der Waals surface area contributed by atoms with Crippen molar-refractivity contribution < 1.29 is 4.79 Å². The lowest BCUT2D eigenvalue weighted by molar-refractivity contribution is -0.114. The second kappa shape index (κ2) is 4.00. The predicted molar refractivity (Wildman–Crippen MR) is 43.3 cm³/mol. The van der Waals surface area contributed by atoms with Gasteiger partial charge in [-0.2, -0.15) is 0 Å². The summed E-state index contributed by atoms with van der Waals surface area (Å²) in [5.74, 6) is 0.847. The summed E-state index contributed by atoms with van der Waals surface area (Å²) in [6, 6.07) is 0. The molecule has 2 heteroatoms. The Labute approximate surface area is 59.4 Å². The Bertz CT molecular complexity index is 99.1. The zero-order chi connectivity index (χ0) is 7.44.